The Morgan fingerprint density at radius 3 is 2.55 bits per heavy atom. The highest BCUT2D eigenvalue weighted by atomic mass is 127. The van der Waals surface area contributed by atoms with Gasteiger partial charge in [-0.05, 0) is 69.9 Å². The summed E-state index contributed by atoms with van der Waals surface area (Å²) in [4.78, 5) is 7.48. The summed E-state index contributed by atoms with van der Waals surface area (Å²) >= 11 is 0. The average molecular weight is 420 g/mol. The van der Waals surface area contributed by atoms with E-state index in [4.69, 9.17) is 4.99 Å². The molecule has 1 saturated heterocycles. The Bertz CT molecular complexity index is 377. The van der Waals surface area contributed by atoms with Crippen LogP contribution in [-0.4, -0.2) is 49.6 Å². The fourth-order valence-electron chi connectivity index (χ4n) is 3.89. The van der Waals surface area contributed by atoms with Crippen LogP contribution in [0.4, 0.5) is 0 Å². The molecule has 1 aliphatic heterocycles. The summed E-state index contributed by atoms with van der Waals surface area (Å²) in [5.74, 6) is 2.03. The van der Waals surface area contributed by atoms with Crippen molar-refractivity contribution in [2.75, 3.05) is 32.7 Å². The van der Waals surface area contributed by atoms with E-state index in [2.05, 4.69) is 29.4 Å². The molecule has 4 nitrogen and oxygen atoms in total. The molecule has 3 fully saturated rings. The maximum Gasteiger partial charge on any atom is 0.191 e. The van der Waals surface area contributed by atoms with E-state index in [0.717, 1.165) is 31.5 Å². The molecule has 1 heterocycles. The molecule has 0 spiro atoms. The molecule has 128 valence electrons. The van der Waals surface area contributed by atoms with Gasteiger partial charge in [-0.15, -0.1) is 24.0 Å². The number of likely N-dealkylation sites (N-methyl/N-ethyl adjacent to an activating group) is 1. The maximum absolute atomic E-state index is 4.90. The Morgan fingerprint density at radius 2 is 1.95 bits per heavy atom. The fraction of sp³-hybridized carbons (Fsp3) is 0.941. The quantitative estimate of drug-likeness (QED) is 0.378. The summed E-state index contributed by atoms with van der Waals surface area (Å²) in [5, 5.41) is 7.00. The van der Waals surface area contributed by atoms with Gasteiger partial charge in [0.15, 0.2) is 5.96 Å². The summed E-state index contributed by atoms with van der Waals surface area (Å²) in [6, 6.07) is 0.692. The Labute approximate surface area is 152 Å². The van der Waals surface area contributed by atoms with Crippen molar-refractivity contribution in [3.63, 3.8) is 0 Å². The topological polar surface area (TPSA) is 39.7 Å². The first kappa shape index (κ1) is 18.3. The van der Waals surface area contributed by atoms with Crippen LogP contribution >= 0.6 is 24.0 Å². The minimum Gasteiger partial charge on any atom is -0.357 e. The van der Waals surface area contributed by atoms with E-state index in [1.165, 1.54) is 51.6 Å². The van der Waals surface area contributed by atoms with Crippen LogP contribution in [0, 0.1) is 11.3 Å². The van der Waals surface area contributed by atoms with Crippen LogP contribution in [-0.2, 0) is 0 Å². The smallest absolute Gasteiger partial charge is 0.191 e. The van der Waals surface area contributed by atoms with E-state index < -0.39 is 0 Å². The highest BCUT2D eigenvalue weighted by Gasteiger charge is 2.53. The molecular weight excluding hydrogens is 387 g/mol. The molecule has 2 N–H and O–H groups in total. The van der Waals surface area contributed by atoms with E-state index in [1.807, 2.05) is 0 Å². The second-order valence-electron chi connectivity index (χ2n) is 7.14. The third-order valence-electron chi connectivity index (χ3n) is 5.64. The van der Waals surface area contributed by atoms with E-state index in [9.17, 15) is 0 Å². The third kappa shape index (κ3) is 4.49. The summed E-state index contributed by atoms with van der Waals surface area (Å²) in [7, 11) is 0. The lowest BCUT2D eigenvalue weighted by atomic mass is 10.0. The zero-order chi connectivity index (χ0) is 14.7. The van der Waals surface area contributed by atoms with Crippen LogP contribution in [0.3, 0.4) is 0 Å². The minimum absolute atomic E-state index is 0. The summed E-state index contributed by atoms with van der Waals surface area (Å²) < 4.78 is 0. The Hall–Kier alpha value is -0.0400. The lowest BCUT2D eigenvalue weighted by molar-refractivity contribution is 0.267. The van der Waals surface area contributed by atoms with Gasteiger partial charge in [-0.2, -0.15) is 0 Å². The van der Waals surface area contributed by atoms with Crippen LogP contribution in [0.25, 0.3) is 0 Å². The lowest BCUT2D eigenvalue weighted by Gasteiger charge is -2.24. The Morgan fingerprint density at radius 1 is 1.18 bits per heavy atom. The zero-order valence-corrected chi connectivity index (χ0v) is 16.6. The largest absolute Gasteiger partial charge is 0.357 e. The number of rotatable bonds is 7. The van der Waals surface area contributed by atoms with E-state index in [1.54, 1.807) is 0 Å². The number of nitrogens with one attached hydrogen (secondary N) is 2. The van der Waals surface area contributed by atoms with Gasteiger partial charge in [0.05, 0.1) is 0 Å². The van der Waals surface area contributed by atoms with E-state index in [-0.39, 0.29) is 24.0 Å². The number of hydrogen-bond acceptors (Lipinski definition) is 2. The molecular formula is C17H33IN4. The highest BCUT2D eigenvalue weighted by Crippen LogP contribution is 2.61. The van der Waals surface area contributed by atoms with Gasteiger partial charge in [0, 0.05) is 25.7 Å². The van der Waals surface area contributed by atoms with Crippen molar-refractivity contribution >= 4 is 29.9 Å². The molecule has 3 aliphatic rings. The second-order valence-corrected chi connectivity index (χ2v) is 7.14. The normalized spacial score (nSPS) is 27.4. The summed E-state index contributed by atoms with van der Waals surface area (Å²) in [5.41, 5.74) is 0.602. The van der Waals surface area contributed by atoms with Crippen molar-refractivity contribution in [1.82, 2.24) is 15.5 Å². The van der Waals surface area contributed by atoms with Gasteiger partial charge in [0.25, 0.3) is 0 Å². The number of aliphatic imine (C=N–C) groups is 1. The molecule has 1 unspecified atom stereocenters. The molecule has 0 radical (unpaired) electrons. The highest BCUT2D eigenvalue weighted by molar-refractivity contribution is 14.0. The van der Waals surface area contributed by atoms with Crippen LogP contribution in [0.15, 0.2) is 4.99 Å². The molecule has 0 aromatic rings. The van der Waals surface area contributed by atoms with Gasteiger partial charge < -0.3 is 10.6 Å². The van der Waals surface area contributed by atoms with Gasteiger partial charge >= 0.3 is 0 Å². The molecule has 3 rings (SSSR count). The molecule has 0 bridgehead atoms. The van der Waals surface area contributed by atoms with Crippen molar-refractivity contribution in [2.24, 2.45) is 16.3 Å². The van der Waals surface area contributed by atoms with Crippen LogP contribution < -0.4 is 10.6 Å². The predicted molar refractivity (Wildman–Crippen MR) is 104 cm³/mol. The van der Waals surface area contributed by atoms with Crippen LogP contribution in [0.1, 0.15) is 52.4 Å². The van der Waals surface area contributed by atoms with Crippen molar-refractivity contribution in [1.29, 1.82) is 0 Å². The molecule has 5 heteroatoms. The Kier molecular flexibility index (Phi) is 6.80. The number of halogens is 1. The average Bonchev–Trinajstić information content (AvgIpc) is 3.39. The third-order valence-corrected chi connectivity index (χ3v) is 5.64. The fourth-order valence-corrected chi connectivity index (χ4v) is 3.89. The number of nitrogens with zero attached hydrogens (tertiary/aromatic N) is 2. The monoisotopic (exact) mass is 420 g/mol. The van der Waals surface area contributed by atoms with Crippen molar-refractivity contribution in [3.05, 3.63) is 0 Å². The van der Waals surface area contributed by atoms with E-state index >= 15 is 0 Å². The van der Waals surface area contributed by atoms with Gasteiger partial charge in [-0.3, -0.25) is 9.89 Å². The lowest BCUT2D eigenvalue weighted by Crippen LogP contribution is -2.45. The van der Waals surface area contributed by atoms with Gasteiger partial charge in [-0.1, -0.05) is 6.92 Å². The summed E-state index contributed by atoms with van der Waals surface area (Å²) in [6.45, 7) is 9.88. The SMILES string of the molecule is CCNC(=NCC1(C2CC2)CC1)NCC1CCCN1CC.I. The van der Waals surface area contributed by atoms with E-state index in [0.29, 0.717) is 11.5 Å². The van der Waals surface area contributed by atoms with Gasteiger partial charge in [-0.25, -0.2) is 0 Å². The molecule has 0 aromatic heterocycles. The van der Waals surface area contributed by atoms with Crippen molar-refractivity contribution < 1.29 is 0 Å². The zero-order valence-electron chi connectivity index (χ0n) is 14.2. The molecule has 0 amide bonds. The first-order valence-electron chi connectivity index (χ1n) is 9.03. The van der Waals surface area contributed by atoms with Crippen molar-refractivity contribution in [3.8, 4) is 0 Å². The van der Waals surface area contributed by atoms with Crippen LogP contribution in [0.5, 0.6) is 0 Å². The second kappa shape index (κ2) is 8.18. The number of guanidine groups is 1. The summed E-state index contributed by atoms with van der Waals surface area (Å²) in [6.07, 6.45) is 8.39. The molecule has 1 atom stereocenters. The molecule has 22 heavy (non-hydrogen) atoms. The molecule has 0 aromatic carbocycles. The maximum atomic E-state index is 4.90. The predicted octanol–water partition coefficient (Wildman–Crippen LogP) is 2.83. The van der Waals surface area contributed by atoms with Crippen LogP contribution in [0.2, 0.25) is 0 Å². The number of likely N-dealkylation sites (tertiary alicyclic amines) is 1. The minimum atomic E-state index is 0. The first-order valence-corrected chi connectivity index (χ1v) is 9.03. The number of hydrogen-bond donors (Lipinski definition) is 2. The van der Waals surface area contributed by atoms with Gasteiger partial charge in [0.2, 0.25) is 0 Å². The molecule has 2 saturated carbocycles. The standard InChI is InChI=1S/C17H32N4.HI/c1-3-18-16(19-12-15-6-5-11-21(15)4-2)20-13-17(9-10-17)14-7-8-14;/h14-15H,3-13H2,1-2H3,(H2,18,19,20);1H. The van der Waals surface area contributed by atoms with Gasteiger partial charge in [0.1, 0.15) is 0 Å². The first-order chi connectivity index (χ1) is 10.3. The van der Waals surface area contributed by atoms with Crippen molar-refractivity contribution in [2.45, 2.75) is 58.4 Å². The Balaban J connectivity index is 0.00000176. The molecule has 2 aliphatic carbocycles.